The molecule has 2 N–H and O–H groups in total. The Morgan fingerprint density at radius 3 is 2.08 bits per heavy atom. The standard InChI is InChI=1S/C26H21Cl2NO7/c1-34-19-9-4-13(10-18(19)30)23-22(24(31)16-11-17(28)21(36-3)12-20(16)35-2)25(32)26(33)29(23)15-7-5-14(27)6-8-15/h4-12,23,30-31H,1-3H3/b24-22+. The fourth-order valence-electron chi connectivity index (χ4n) is 4.08. The number of aliphatic hydroxyl groups is 1. The minimum Gasteiger partial charge on any atom is -0.507 e. The second-order valence-corrected chi connectivity index (χ2v) is 8.61. The number of anilines is 1. The van der Waals surface area contributed by atoms with Crippen molar-refractivity contribution in [1.82, 2.24) is 0 Å². The van der Waals surface area contributed by atoms with Crippen molar-refractivity contribution in [1.29, 1.82) is 0 Å². The number of aliphatic hydroxyl groups excluding tert-OH is 1. The number of hydrogen-bond acceptors (Lipinski definition) is 7. The highest BCUT2D eigenvalue weighted by molar-refractivity contribution is 6.51. The number of rotatable bonds is 6. The second kappa shape index (κ2) is 10.0. The van der Waals surface area contributed by atoms with Crippen molar-refractivity contribution in [2.45, 2.75) is 6.04 Å². The van der Waals surface area contributed by atoms with E-state index in [2.05, 4.69) is 0 Å². The molecule has 0 aromatic heterocycles. The van der Waals surface area contributed by atoms with Crippen molar-refractivity contribution in [2.24, 2.45) is 0 Å². The van der Waals surface area contributed by atoms with E-state index in [9.17, 15) is 19.8 Å². The number of nitrogens with zero attached hydrogens (tertiary/aromatic N) is 1. The maximum Gasteiger partial charge on any atom is 0.300 e. The quantitative estimate of drug-likeness (QED) is 0.252. The van der Waals surface area contributed by atoms with E-state index in [0.29, 0.717) is 22.0 Å². The molecule has 0 saturated carbocycles. The van der Waals surface area contributed by atoms with Crippen LogP contribution in [0.1, 0.15) is 17.2 Å². The normalized spacial score (nSPS) is 16.8. The molecule has 0 bridgehead atoms. The molecular weight excluding hydrogens is 509 g/mol. The first-order valence-corrected chi connectivity index (χ1v) is 11.3. The van der Waals surface area contributed by atoms with Crippen LogP contribution in [-0.4, -0.2) is 43.2 Å². The van der Waals surface area contributed by atoms with Gasteiger partial charge in [-0.2, -0.15) is 0 Å². The van der Waals surface area contributed by atoms with Crippen LogP contribution in [0, 0.1) is 0 Å². The first-order chi connectivity index (χ1) is 17.2. The van der Waals surface area contributed by atoms with Crippen molar-refractivity contribution in [3.05, 3.63) is 81.3 Å². The highest BCUT2D eigenvalue weighted by Crippen LogP contribution is 2.46. The van der Waals surface area contributed by atoms with Crippen molar-refractivity contribution < 1.29 is 34.0 Å². The maximum atomic E-state index is 13.3. The van der Waals surface area contributed by atoms with Gasteiger partial charge in [0, 0.05) is 16.8 Å². The van der Waals surface area contributed by atoms with Crippen LogP contribution in [0.3, 0.4) is 0 Å². The molecule has 0 radical (unpaired) electrons. The average Bonchev–Trinajstić information content (AvgIpc) is 3.14. The van der Waals surface area contributed by atoms with Crippen LogP contribution in [0.5, 0.6) is 23.0 Å². The predicted molar refractivity (Wildman–Crippen MR) is 135 cm³/mol. The third-order valence-electron chi connectivity index (χ3n) is 5.80. The topological polar surface area (TPSA) is 106 Å². The Hall–Kier alpha value is -3.88. The van der Waals surface area contributed by atoms with E-state index >= 15 is 0 Å². The number of hydrogen-bond donors (Lipinski definition) is 2. The van der Waals surface area contributed by atoms with Crippen LogP contribution in [0.15, 0.2) is 60.2 Å². The molecule has 3 aromatic carbocycles. The number of methoxy groups -OCH3 is 3. The van der Waals surface area contributed by atoms with E-state index in [1.807, 2.05) is 0 Å². The van der Waals surface area contributed by atoms with Crippen LogP contribution in [-0.2, 0) is 9.59 Å². The SMILES string of the molecule is COc1ccc(C2/C(=C(\O)c3cc(Cl)c(OC)cc3OC)C(=O)C(=O)N2c2ccc(Cl)cc2)cc1O. The lowest BCUT2D eigenvalue weighted by molar-refractivity contribution is -0.132. The Balaban J connectivity index is 2.00. The summed E-state index contributed by atoms with van der Waals surface area (Å²) < 4.78 is 15.7. The molecule has 1 atom stereocenters. The zero-order chi connectivity index (χ0) is 26.1. The molecule has 186 valence electrons. The molecule has 1 aliphatic rings. The Bertz CT molecular complexity index is 1390. The number of aromatic hydroxyl groups is 1. The Morgan fingerprint density at radius 1 is 0.861 bits per heavy atom. The third-order valence-corrected chi connectivity index (χ3v) is 6.34. The first kappa shape index (κ1) is 25.2. The zero-order valence-corrected chi connectivity index (χ0v) is 20.9. The summed E-state index contributed by atoms with van der Waals surface area (Å²) in [5, 5.41) is 22.4. The first-order valence-electron chi connectivity index (χ1n) is 10.6. The summed E-state index contributed by atoms with van der Waals surface area (Å²) in [5.74, 6) is -1.86. The summed E-state index contributed by atoms with van der Waals surface area (Å²) in [5.41, 5.74) is 0.572. The van der Waals surface area contributed by atoms with Crippen LogP contribution >= 0.6 is 23.2 Å². The van der Waals surface area contributed by atoms with Gasteiger partial charge in [0.05, 0.1) is 43.5 Å². The van der Waals surface area contributed by atoms with E-state index in [1.54, 1.807) is 30.3 Å². The molecule has 1 aliphatic heterocycles. The summed E-state index contributed by atoms with van der Waals surface area (Å²) in [6.45, 7) is 0. The smallest absolute Gasteiger partial charge is 0.300 e. The van der Waals surface area contributed by atoms with Gasteiger partial charge in [0.1, 0.15) is 17.3 Å². The van der Waals surface area contributed by atoms with Crippen molar-refractivity contribution in [3.63, 3.8) is 0 Å². The number of Topliss-reactive ketones (excluding diaryl/α,β-unsaturated/α-hetero) is 1. The molecule has 8 nitrogen and oxygen atoms in total. The number of halogens is 2. The maximum absolute atomic E-state index is 13.3. The number of carbonyl (C=O) groups excluding carboxylic acids is 2. The molecule has 1 saturated heterocycles. The van der Waals surface area contributed by atoms with Gasteiger partial charge in [-0.1, -0.05) is 29.3 Å². The second-order valence-electron chi connectivity index (χ2n) is 7.76. The van der Waals surface area contributed by atoms with Crippen molar-refractivity contribution >= 4 is 46.3 Å². The minimum absolute atomic E-state index is 0.0835. The van der Waals surface area contributed by atoms with Gasteiger partial charge in [-0.05, 0) is 48.0 Å². The van der Waals surface area contributed by atoms with Gasteiger partial charge < -0.3 is 24.4 Å². The van der Waals surface area contributed by atoms with Crippen molar-refractivity contribution in [3.8, 4) is 23.0 Å². The molecule has 0 spiro atoms. The molecule has 10 heteroatoms. The van der Waals surface area contributed by atoms with Crippen LogP contribution < -0.4 is 19.1 Å². The number of ether oxygens (including phenoxy) is 3. The Kier molecular flexibility index (Phi) is 7.01. The highest BCUT2D eigenvalue weighted by atomic mass is 35.5. The fraction of sp³-hybridized carbons (Fsp3) is 0.154. The van der Waals surface area contributed by atoms with Gasteiger partial charge in [0.15, 0.2) is 11.5 Å². The monoisotopic (exact) mass is 529 g/mol. The van der Waals surface area contributed by atoms with Crippen molar-refractivity contribution in [2.75, 3.05) is 26.2 Å². The van der Waals surface area contributed by atoms with E-state index in [0.717, 1.165) is 0 Å². The molecule has 3 aromatic rings. The summed E-state index contributed by atoms with van der Waals surface area (Å²) in [4.78, 5) is 27.9. The molecule has 1 fully saturated rings. The highest BCUT2D eigenvalue weighted by Gasteiger charge is 2.47. The van der Waals surface area contributed by atoms with Crippen LogP contribution in [0.2, 0.25) is 10.0 Å². The largest absolute Gasteiger partial charge is 0.507 e. The number of amides is 1. The van der Waals surface area contributed by atoms with Gasteiger partial charge >= 0.3 is 0 Å². The number of carbonyl (C=O) groups is 2. The molecule has 1 unspecified atom stereocenters. The fourth-order valence-corrected chi connectivity index (χ4v) is 4.45. The van der Waals surface area contributed by atoms with E-state index < -0.39 is 23.5 Å². The number of ketones is 1. The molecule has 1 amide bonds. The molecule has 1 heterocycles. The van der Waals surface area contributed by atoms with Gasteiger partial charge in [0.2, 0.25) is 0 Å². The molecule has 36 heavy (non-hydrogen) atoms. The molecule has 4 rings (SSSR count). The van der Waals surface area contributed by atoms with E-state index in [4.69, 9.17) is 37.4 Å². The van der Waals surface area contributed by atoms with Crippen LogP contribution in [0.4, 0.5) is 5.69 Å². The lowest BCUT2D eigenvalue weighted by atomic mass is 9.94. The number of benzene rings is 3. The van der Waals surface area contributed by atoms with E-state index in [-0.39, 0.29) is 33.4 Å². The van der Waals surface area contributed by atoms with Gasteiger partial charge in [-0.25, -0.2) is 0 Å². The summed E-state index contributed by atoms with van der Waals surface area (Å²) >= 11 is 12.3. The van der Waals surface area contributed by atoms with Gasteiger partial charge in [-0.15, -0.1) is 0 Å². The lowest BCUT2D eigenvalue weighted by Crippen LogP contribution is -2.29. The zero-order valence-electron chi connectivity index (χ0n) is 19.4. The number of phenols is 1. The van der Waals surface area contributed by atoms with Gasteiger partial charge in [0.25, 0.3) is 11.7 Å². The van der Waals surface area contributed by atoms with Crippen LogP contribution in [0.25, 0.3) is 5.76 Å². The van der Waals surface area contributed by atoms with E-state index in [1.165, 1.54) is 50.5 Å². The van der Waals surface area contributed by atoms with Gasteiger partial charge in [-0.3, -0.25) is 14.5 Å². The summed E-state index contributed by atoms with van der Waals surface area (Å²) in [7, 11) is 4.20. The Morgan fingerprint density at radius 2 is 1.50 bits per heavy atom. The average molecular weight is 530 g/mol. The lowest BCUT2D eigenvalue weighted by Gasteiger charge is -2.26. The number of phenolic OH excluding ortho intramolecular Hbond substituents is 1. The molecular formula is C26H21Cl2NO7. The predicted octanol–water partition coefficient (Wildman–Crippen LogP) is 5.35. The third kappa shape index (κ3) is 4.29. The minimum atomic E-state index is -1.10. The summed E-state index contributed by atoms with van der Waals surface area (Å²) in [6, 6.07) is 12.5. The Labute approximate surface area is 216 Å². The molecule has 0 aliphatic carbocycles. The summed E-state index contributed by atoms with van der Waals surface area (Å²) in [6.07, 6.45) is 0.